The van der Waals surface area contributed by atoms with E-state index in [0.717, 1.165) is 28.2 Å². The van der Waals surface area contributed by atoms with Crippen LogP contribution in [0.3, 0.4) is 0 Å². The van der Waals surface area contributed by atoms with E-state index in [4.69, 9.17) is 15.0 Å². The number of aromatic nitrogens is 3. The van der Waals surface area contributed by atoms with Gasteiger partial charge in [-0.1, -0.05) is 77.9 Å². The highest BCUT2D eigenvalue weighted by Crippen LogP contribution is 2.61. The molecule has 1 fully saturated rings. The standard InChI is InChI=1S/C36H39N3/c1-34(2)29-16-14-25(19-30(29)35(3,4)36(34,5)6)31-17-15-27(20-37-31)24-8-7-9-26(18-24)33-38-21-28-22-10-12-23(13-11-22)32(28)39-33/h7-9,14-23H,10-13H2,1-6H3. The largest absolute Gasteiger partial charge is 0.256 e. The average molecular weight is 514 g/mol. The van der Waals surface area contributed by atoms with Gasteiger partial charge in [-0.2, -0.15) is 0 Å². The average Bonchev–Trinajstić information content (AvgIpc) is 3.07. The van der Waals surface area contributed by atoms with Gasteiger partial charge < -0.3 is 0 Å². The van der Waals surface area contributed by atoms with Crippen LogP contribution in [0.15, 0.2) is 67.0 Å². The Hall–Kier alpha value is -3.33. The Morgan fingerprint density at radius 3 is 2.05 bits per heavy atom. The Morgan fingerprint density at radius 2 is 1.31 bits per heavy atom. The normalized spacial score (nSPS) is 23.3. The summed E-state index contributed by atoms with van der Waals surface area (Å²) in [6.45, 7) is 14.4. The third kappa shape index (κ3) is 3.51. The lowest BCUT2D eigenvalue weighted by molar-refractivity contribution is 0.125. The Morgan fingerprint density at radius 1 is 0.615 bits per heavy atom. The Kier molecular flexibility index (Phi) is 5.28. The van der Waals surface area contributed by atoms with E-state index in [2.05, 4.69) is 102 Å². The molecule has 0 radical (unpaired) electrons. The molecule has 1 saturated carbocycles. The summed E-state index contributed by atoms with van der Waals surface area (Å²) in [6, 6.07) is 19.9. The van der Waals surface area contributed by atoms with E-state index in [1.807, 2.05) is 6.20 Å². The van der Waals surface area contributed by atoms with E-state index < -0.39 is 0 Å². The first kappa shape index (κ1) is 24.7. The predicted octanol–water partition coefficient (Wildman–Crippen LogP) is 9.22. The Balaban J connectivity index is 1.19. The van der Waals surface area contributed by atoms with Crippen LogP contribution in [0.1, 0.15) is 101 Å². The second-order valence-electron chi connectivity index (χ2n) is 13.7. The van der Waals surface area contributed by atoms with Crippen molar-refractivity contribution < 1.29 is 0 Å². The third-order valence-corrected chi connectivity index (χ3v) is 11.4. The minimum atomic E-state index is 0.0839. The van der Waals surface area contributed by atoms with E-state index in [1.165, 1.54) is 53.6 Å². The van der Waals surface area contributed by atoms with Gasteiger partial charge in [0.05, 0.1) is 11.4 Å². The van der Waals surface area contributed by atoms with Gasteiger partial charge in [-0.15, -0.1) is 0 Å². The fourth-order valence-corrected chi connectivity index (χ4v) is 7.66. The molecule has 39 heavy (non-hydrogen) atoms. The van der Waals surface area contributed by atoms with Crippen LogP contribution in [0.2, 0.25) is 0 Å². The molecular weight excluding hydrogens is 474 g/mol. The van der Waals surface area contributed by atoms with Crippen molar-refractivity contribution >= 4 is 0 Å². The van der Waals surface area contributed by atoms with E-state index in [0.29, 0.717) is 11.8 Å². The first-order chi connectivity index (χ1) is 18.6. The minimum absolute atomic E-state index is 0.0839. The number of rotatable bonds is 3. The van der Waals surface area contributed by atoms with Crippen LogP contribution in [0.25, 0.3) is 33.8 Å². The quantitative estimate of drug-likeness (QED) is 0.274. The molecule has 2 bridgehead atoms. The number of hydrogen-bond acceptors (Lipinski definition) is 3. The van der Waals surface area contributed by atoms with Crippen LogP contribution in [-0.2, 0) is 10.8 Å². The van der Waals surface area contributed by atoms with Crippen LogP contribution >= 0.6 is 0 Å². The van der Waals surface area contributed by atoms with Gasteiger partial charge in [0, 0.05) is 35.0 Å². The van der Waals surface area contributed by atoms with Gasteiger partial charge >= 0.3 is 0 Å². The smallest absolute Gasteiger partial charge is 0.159 e. The lowest BCUT2D eigenvalue weighted by Gasteiger charge is -2.44. The fraction of sp³-hybridized carbons (Fsp3) is 0.417. The highest BCUT2D eigenvalue weighted by Gasteiger charge is 2.56. The number of hydrogen-bond donors (Lipinski definition) is 0. The van der Waals surface area contributed by atoms with E-state index in [-0.39, 0.29) is 16.2 Å². The van der Waals surface area contributed by atoms with Gasteiger partial charge in [0.1, 0.15) is 0 Å². The topological polar surface area (TPSA) is 38.7 Å². The van der Waals surface area contributed by atoms with Gasteiger partial charge in [-0.3, -0.25) is 4.98 Å². The molecule has 0 N–H and O–H groups in total. The molecule has 2 heterocycles. The maximum absolute atomic E-state index is 5.09. The van der Waals surface area contributed by atoms with Crippen LogP contribution in [0.4, 0.5) is 0 Å². The summed E-state index contributed by atoms with van der Waals surface area (Å²) in [7, 11) is 0. The Bertz CT molecular complexity index is 1580. The van der Waals surface area contributed by atoms with Crippen LogP contribution < -0.4 is 0 Å². The molecule has 0 amide bonds. The van der Waals surface area contributed by atoms with Crippen LogP contribution in [-0.4, -0.2) is 15.0 Å². The van der Waals surface area contributed by atoms with Crippen molar-refractivity contribution in [2.45, 2.75) is 89.9 Å². The molecule has 4 aromatic rings. The van der Waals surface area contributed by atoms with Crippen LogP contribution in [0, 0.1) is 5.41 Å². The number of benzene rings is 2. The second kappa shape index (κ2) is 8.34. The predicted molar refractivity (Wildman–Crippen MR) is 160 cm³/mol. The second-order valence-corrected chi connectivity index (χ2v) is 13.7. The number of fused-ring (bicyclic) bond motifs is 3. The maximum Gasteiger partial charge on any atom is 0.159 e. The SMILES string of the molecule is CC1(C)c2ccc(-c3ccc(-c4cccc(-c5ncc6c(n5)C5CCC6CC5)c4)cn3)cc2C(C)(C)C1(C)C. The molecule has 198 valence electrons. The maximum atomic E-state index is 5.09. The molecular formula is C36H39N3. The van der Waals surface area contributed by atoms with Gasteiger partial charge in [-0.05, 0) is 88.3 Å². The molecule has 0 saturated heterocycles. The molecule has 3 nitrogen and oxygen atoms in total. The van der Waals surface area contributed by atoms with Crippen molar-refractivity contribution in [2.24, 2.45) is 5.41 Å². The first-order valence-electron chi connectivity index (χ1n) is 14.7. The lowest BCUT2D eigenvalue weighted by Crippen LogP contribution is -2.42. The molecule has 0 spiro atoms. The molecule has 0 unspecified atom stereocenters. The van der Waals surface area contributed by atoms with Gasteiger partial charge in [0.2, 0.25) is 0 Å². The molecule has 4 aliphatic carbocycles. The summed E-state index contributed by atoms with van der Waals surface area (Å²) in [5.41, 5.74) is 11.5. The zero-order chi connectivity index (χ0) is 27.2. The molecule has 8 rings (SSSR count). The van der Waals surface area contributed by atoms with E-state index in [1.54, 1.807) is 0 Å². The summed E-state index contributed by atoms with van der Waals surface area (Å²) in [5, 5.41) is 0. The first-order valence-corrected chi connectivity index (χ1v) is 14.7. The fourth-order valence-electron chi connectivity index (χ4n) is 7.66. The number of pyridine rings is 1. The van der Waals surface area contributed by atoms with Gasteiger partial charge in [0.25, 0.3) is 0 Å². The zero-order valence-corrected chi connectivity index (χ0v) is 24.2. The molecule has 2 aromatic heterocycles. The van der Waals surface area contributed by atoms with Crippen LogP contribution in [0.5, 0.6) is 0 Å². The monoisotopic (exact) mass is 513 g/mol. The van der Waals surface area contributed by atoms with Crippen molar-refractivity contribution in [3.63, 3.8) is 0 Å². The zero-order valence-electron chi connectivity index (χ0n) is 24.2. The van der Waals surface area contributed by atoms with E-state index in [9.17, 15) is 0 Å². The van der Waals surface area contributed by atoms with E-state index >= 15 is 0 Å². The van der Waals surface area contributed by atoms with Gasteiger partial charge in [0.15, 0.2) is 5.82 Å². The molecule has 2 aromatic carbocycles. The summed E-state index contributed by atoms with van der Waals surface area (Å²) < 4.78 is 0. The highest BCUT2D eigenvalue weighted by atomic mass is 14.9. The highest BCUT2D eigenvalue weighted by molar-refractivity contribution is 5.72. The van der Waals surface area contributed by atoms with Crippen molar-refractivity contribution in [3.05, 3.63) is 89.4 Å². The lowest BCUT2D eigenvalue weighted by atomic mass is 9.59. The third-order valence-electron chi connectivity index (χ3n) is 11.4. The minimum Gasteiger partial charge on any atom is -0.256 e. The number of nitrogens with zero attached hydrogens (tertiary/aromatic N) is 3. The van der Waals surface area contributed by atoms with Crippen molar-refractivity contribution in [1.29, 1.82) is 0 Å². The Labute approximate surface area is 233 Å². The van der Waals surface area contributed by atoms with Crippen molar-refractivity contribution in [3.8, 4) is 33.8 Å². The molecule has 0 aliphatic heterocycles. The molecule has 4 aliphatic rings. The van der Waals surface area contributed by atoms with Gasteiger partial charge in [-0.25, -0.2) is 9.97 Å². The molecule has 0 atom stereocenters. The molecule has 3 heteroatoms. The summed E-state index contributed by atoms with van der Waals surface area (Å²) in [4.78, 5) is 14.8. The summed E-state index contributed by atoms with van der Waals surface area (Å²) in [5.74, 6) is 2.14. The summed E-state index contributed by atoms with van der Waals surface area (Å²) in [6.07, 6.45) is 9.28. The van der Waals surface area contributed by atoms with Crippen molar-refractivity contribution in [1.82, 2.24) is 15.0 Å². The van der Waals surface area contributed by atoms with Crippen molar-refractivity contribution in [2.75, 3.05) is 0 Å². The summed E-state index contributed by atoms with van der Waals surface area (Å²) >= 11 is 0.